The summed E-state index contributed by atoms with van der Waals surface area (Å²) in [7, 11) is 5.34. The van der Waals surface area contributed by atoms with Crippen molar-refractivity contribution in [1.29, 1.82) is 0 Å². The molecule has 13 rings (SSSR count). The quantitative estimate of drug-likeness (QED) is 0.0656. The summed E-state index contributed by atoms with van der Waals surface area (Å²) < 4.78 is 31.5. The molecular weight excluding hydrogens is 1330 g/mol. The van der Waals surface area contributed by atoms with Crippen LogP contribution in [0.3, 0.4) is 0 Å². The summed E-state index contributed by atoms with van der Waals surface area (Å²) in [5.41, 5.74) is 7.08. The van der Waals surface area contributed by atoms with Crippen LogP contribution in [0.2, 0.25) is 0 Å². The Kier molecular flexibility index (Phi) is 28.3. The maximum Gasteiger partial charge on any atom is 0.251 e. The standard InChI is InChI=1S/C16H14N4O2.C14H18N4O.C12H13BrN2OS.C10H11N3S.2C3H5N3S.C3H5N3.CH4/c1-11-18-19-16(12-4-6-17-7-5-12)20(11)13-2-3-14-15(10-13)22-9-8-21-14;1-4-18-11(3)16-17-13(18)9-15-14(19)12-7-5-6-10(2)8-12;1-16-11-3-2-10(13)8-9(11)4-6-15-7-5-14-12(15)17;1-7-4-3-5-9(6-7)13-8(2)11-12-10(13)14;1-6-2-4-5-3(6)7;1-6-3(7)4-2-5-6;1-3-4-2-5-6-3;/h2-7,10H,8-9H2,1H3;5-8H,4,9H2,1-3H3,(H,15,19);2-3,5,7-8H,4,6H2,1H3,(H,14,17);3-6H,1-2H3,(H,12,14);2H,1H3,(H,5,7);2H,1H3,(H,4,5,7);2H,1H3,(H,4,5,6);1H4. The normalized spacial score (nSPS) is 10.7. The second-order valence-corrected chi connectivity index (χ2v) is 22.4. The van der Waals surface area contributed by atoms with E-state index in [1.807, 2.05) is 159 Å². The Labute approximate surface area is 567 Å². The van der Waals surface area contributed by atoms with Crippen LogP contribution in [0.4, 0.5) is 0 Å². The lowest BCUT2D eigenvalue weighted by Crippen LogP contribution is -2.24. The summed E-state index contributed by atoms with van der Waals surface area (Å²) >= 11 is 23.2. The number of nitrogens with one attached hydrogen (secondary N) is 6. The van der Waals surface area contributed by atoms with Crippen LogP contribution in [-0.2, 0) is 40.2 Å². The average Bonchev–Trinajstić information content (AvgIpc) is 1.74. The first-order valence-electron chi connectivity index (χ1n) is 28.5. The highest BCUT2D eigenvalue weighted by Gasteiger charge is 2.18. The number of carbonyl (C=O) groups is 1. The monoisotopic (exact) mass is 1400 g/mol. The highest BCUT2D eigenvalue weighted by molar-refractivity contribution is 9.10. The number of amides is 1. The number of aromatic amines is 5. The molecule has 0 bridgehead atoms. The summed E-state index contributed by atoms with van der Waals surface area (Å²) in [5.74, 6) is 7.30. The molecule has 0 spiro atoms. The molecule has 1 amide bonds. The zero-order valence-corrected chi connectivity index (χ0v) is 57.2. The van der Waals surface area contributed by atoms with Crippen LogP contribution >= 0.6 is 64.8 Å². The van der Waals surface area contributed by atoms with Gasteiger partial charge in [-0.2, -0.15) is 15.3 Å². The first kappa shape index (κ1) is 72.4. The number of rotatable bonds is 11. The first-order valence-corrected chi connectivity index (χ1v) is 30.9. The number of hydrogen-bond acceptors (Lipinski definition) is 18. The number of nitrogens with zero attached hydrogens (tertiary/aromatic N) is 16. The van der Waals surface area contributed by atoms with Crippen molar-refractivity contribution < 1.29 is 19.0 Å². The lowest BCUT2D eigenvalue weighted by molar-refractivity contribution is 0.0949. The van der Waals surface area contributed by atoms with E-state index in [2.05, 4.69) is 122 Å². The van der Waals surface area contributed by atoms with Gasteiger partial charge in [0.1, 0.15) is 61.2 Å². The number of benzene rings is 4. The molecule has 12 aromatic rings. The van der Waals surface area contributed by atoms with Gasteiger partial charge in [0, 0.05) is 79.3 Å². The van der Waals surface area contributed by atoms with Gasteiger partial charge in [-0.1, -0.05) is 53.2 Å². The van der Waals surface area contributed by atoms with E-state index in [4.69, 9.17) is 63.1 Å². The zero-order chi connectivity index (χ0) is 66.1. The number of methoxy groups -OCH3 is 1. The number of aromatic nitrogens is 21. The number of fused-ring (bicyclic) bond motifs is 1. The number of imidazole rings is 1. The Balaban J connectivity index is 0.000000179. The van der Waals surface area contributed by atoms with Crippen LogP contribution in [0.15, 0.2) is 145 Å². The van der Waals surface area contributed by atoms with Crippen LogP contribution in [0.25, 0.3) is 22.8 Å². The van der Waals surface area contributed by atoms with Crippen LogP contribution in [0, 0.1) is 60.6 Å². The molecule has 0 saturated heterocycles. The van der Waals surface area contributed by atoms with Crippen molar-refractivity contribution in [3.8, 4) is 40.0 Å². The van der Waals surface area contributed by atoms with E-state index in [1.165, 1.54) is 17.5 Å². The number of hydrogen-bond donors (Lipinski definition) is 6. The Morgan fingerprint density at radius 1 is 0.731 bits per heavy atom. The average molecular weight is 1400 g/mol. The third kappa shape index (κ3) is 21.5. The number of ether oxygens (including phenoxy) is 3. The molecule has 1 aliphatic heterocycles. The molecule has 31 heteroatoms. The summed E-state index contributed by atoms with van der Waals surface area (Å²) in [6.45, 7) is 16.8. The maximum absolute atomic E-state index is 12.0. The molecule has 0 saturated carbocycles. The van der Waals surface area contributed by atoms with Crippen molar-refractivity contribution in [2.75, 3.05) is 20.3 Å². The molecule has 0 radical (unpaired) electrons. The van der Waals surface area contributed by atoms with Crippen LogP contribution in [0.1, 0.15) is 70.5 Å². The minimum absolute atomic E-state index is 0. The molecule has 1 aliphatic rings. The van der Waals surface area contributed by atoms with Crippen molar-refractivity contribution in [2.45, 2.75) is 81.9 Å². The van der Waals surface area contributed by atoms with E-state index in [0.29, 0.717) is 39.6 Å². The molecule has 6 N–H and O–H groups in total. The van der Waals surface area contributed by atoms with Gasteiger partial charge in [-0.25, -0.2) is 9.97 Å². The fourth-order valence-electron chi connectivity index (χ4n) is 8.58. The highest BCUT2D eigenvalue weighted by atomic mass is 79.9. The molecule has 93 heavy (non-hydrogen) atoms. The van der Waals surface area contributed by atoms with Gasteiger partial charge in [0.2, 0.25) is 4.77 Å². The predicted octanol–water partition coefficient (Wildman–Crippen LogP) is 12.1. The molecule has 26 nitrogen and oxygen atoms in total. The fraction of sp³-hybridized carbons (Fsp3) is 0.274. The third-order valence-corrected chi connectivity index (χ3v) is 15.1. The van der Waals surface area contributed by atoms with Gasteiger partial charge in [0.05, 0.1) is 19.3 Å². The summed E-state index contributed by atoms with van der Waals surface area (Å²) in [6.07, 6.45) is 12.8. The first-order chi connectivity index (χ1) is 44.3. The van der Waals surface area contributed by atoms with E-state index in [9.17, 15) is 4.79 Å². The van der Waals surface area contributed by atoms with Gasteiger partial charge in [-0.05, 0) is 182 Å². The van der Waals surface area contributed by atoms with E-state index in [-0.39, 0.29) is 13.3 Å². The molecule has 0 unspecified atom stereocenters. The third-order valence-electron chi connectivity index (χ3n) is 13.2. The number of H-pyrrole nitrogens is 5. The summed E-state index contributed by atoms with van der Waals surface area (Å²) in [6, 6.07) is 31.4. The molecule has 8 aromatic heterocycles. The van der Waals surface area contributed by atoms with Gasteiger partial charge < -0.3 is 38.2 Å². The molecule has 9 heterocycles. The molecule has 0 atom stereocenters. The van der Waals surface area contributed by atoms with Crippen molar-refractivity contribution in [3.05, 3.63) is 216 Å². The summed E-state index contributed by atoms with van der Waals surface area (Å²) in [5, 5.41) is 41.5. The highest BCUT2D eigenvalue weighted by Crippen LogP contribution is 2.34. The van der Waals surface area contributed by atoms with E-state index < -0.39 is 0 Å². The lowest BCUT2D eigenvalue weighted by Gasteiger charge is -2.19. The Bertz CT molecular complexity index is 4450. The van der Waals surface area contributed by atoms with E-state index in [1.54, 1.807) is 47.5 Å². The Hall–Kier alpha value is -9.69. The molecule has 0 fully saturated rings. The maximum atomic E-state index is 12.0. The van der Waals surface area contributed by atoms with Gasteiger partial charge in [0.15, 0.2) is 37.5 Å². The smallest absolute Gasteiger partial charge is 0.251 e. The fourth-order valence-corrected chi connectivity index (χ4v) is 9.70. The lowest BCUT2D eigenvalue weighted by atomic mass is 10.1. The summed E-state index contributed by atoms with van der Waals surface area (Å²) in [4.78, 5) is 26.5. The number of carbonyl (C=O) groups excluding carboxylic acids is 1. The Morgan fingerprint density at radius 3 is 2.01 bits per heavy atom. The van der Waals surface area contributed by atoms with Gasteiger partial charge >= 0.3 is 0 Å². The van der Waals surface area contributed by atoms with Crippen molar-refractivity contribution in [1.82, 2.24) is 109 Å². The minimum Gasteiger partial charge on any atom is -0.496 e. The van der Waals surface area contributed by atoms with Crippen LogP contribution < -0.4 is 19.5 Å². The molecular formula is C62H75BrN22O4S4. The largest absolute Gasteiger partial charge is 0.496 e. The molecule has 488 valence electrons. The van der Waals surface area contributed by atoms with Gasteiger partial charge in [-0.15, -0.1) is 20.4 Å². The minimum atomic E-state index is -0.0907. The van der Waals surface area contributed by atoms with E-state index in [0.717, 1.165) is 103 Å². The Morgan fingerprint density at radius 2 is 1.45 bits per heavy atom. The zero-order valence-electron chi connectivity index (χ0n) is 52.3. The van der Waals surface area contributed by atoms with Crippen molar-refractivity contribution >= 4 is 70.7 Å². The SMILES string of the molecule is C.CCn1c(C)nnc1CNC(=O)c1cccc(C)c1.COc1ccc(Br)cc1CCn1cc[nH]c1=S.Cc1cccc(-n2c(C)n[nH]c2=S)c1.Cc1ncn[nH]1.Cc1nnc(-c2ccncc2)n1-c1ccc2c(c1)OCCO2.Cn1[nH]cnc1=S.Cn1cn[nH]c1=S. The number of halogens is 1. The molecule has 4 aromatic carbocycles. The van der Waals surface area contributed by atoms with E-state index >= 15 is 0 Å². The van der Waals surface area contributed by atoms with Crippen molar-refractivity contribution in [3.63, 3.8) is 0 Å². The predicted molar refractivity (Wildman–Crippen MR) is 370 cm³/mol. The second-order valence-electron chi connectivity index (χ2n) is 19.9. The van der Waals surface area contributed by atoms with Crippen LogP contribution in [0.5, 0.6) is 17.2 Å². The van der Waals surface area contributed by atoms with Gasteiger partial charge in [0.25, 0.3) is 5.91 Å². The topological polar surface area (TPSA) is 294 Å². The number of pyridine rings is 1. The van der Waals surface area contributed by atoms with Crippen LogP contribution in [-0.4, -0.2) is 130 Å². The van der Waals surface area contributed by atoms with Crippen molar-refractivity contribution in [2.24, 2.45) is 14.1 Å². The second kappa shape index (κ2) is 36.4. The molecule has 0 aliphatic carbocycles. The van der Waals surface area contributed by atoms with Gasteiger partial charge in [-0.3, -0.25) is 44.0 Å². The number of aryl methyl sites for hydroxylation is 10.